The van der Waals surface area contributed by atoms with Gasteiger partial charge in [0.05, 0.1) is 0 Å². The minimum absolute atomic E-state index is 0.0635. The Hall–Kier alpha value is -3.86. The number of anilines is 1. The van der Waals surface area contributed by atoms with Gasteiger partial charge in [-0.2, -0.15) is 13.2 Å². The van der Waals surface area contributed by atoms with Gasteiger partial charge < -0.3 is 15.4 Å². The first-order chi connectivity index (χ1) is 17.8. The first-order valence-electron chi connectivity index (χ1n) is 11.9. The van der Waals surface area contributed by atoms with Crippen molar-refractivity contribution in [3.63, 3.8) is 0 Å². The van der Waals surface area contributed by atoms with Crippen molar-refractivity contribution in [2.45, 2.75) is 37.7 Å². The summed E-state index contributed by atoms with van der Waals surface area (Å²) in [7, 11) is 0. The fraction of sp³-hybridized carbons (Fsp3) is 0.308. The number of alkyl halides is 3. The van der Waals surface area contributed by atoms with Crippen molar-refractivity contribution in [2.24, 2.45) is 5.92 Å². The Morgan fingerprint density at radius 2 is 1.76 bits per heavy atom. The van der Waals surface area contributed by atoms with E-state index in [2.05, 4.69) is 30.6 Å². The number of piperidine rings is 1. The lowest BCUT2D eigenvalue weighted by atomic mass is 10.0. The number of fused-ring (bicyclic) bond motifs is 3. The van der Waals surface area contributed by atoms with Crippen LogP contribution in [0.2, 0.25) is 0 Å². The lowest BCUT2D eigenvalue weighted by Crippen LogP contribution is -2.35. The standard InChI is InChI=1S/C26H22F4N6O/c27-18-3-1-15(2-4-18)16-6-20-23(22(7-16)37-21-8-19-5-17(21)12-31-19)35-13-36-24(20)32-9-14-10-33-25(34-11-14)26(28,29)30/h1-4,6-7,10-11,13,17,19,21,31H,5,8-9,12H2,(H,32,35,36). The zero-order chi connectivity index (χ0) is 25.6. The molecule has 2 aliphatic rings. The molecule has 37 heavy (non-hydrogen) atoms. The van der Waals surface area contributed by atoms with Gasteiger partial charge in [-0.3, -0.25) is 0 Å². The van der Waals surface area contributed by atoms with Gasteiger partial charge in [0.1, 0.15) is 35.3 Å². The molecule has 2 N–H and O–H groups in total. The van der Waals surface area contributed by atoms with Crippen LogP contribution in [0.1, 0.15) is 24.2 Å². The fourth-order valence-corrected chi connectivity index (χ4v) is 5.05. The first kappa shape index (κ1) is 23.5. The van der Waals surface area contributed by atoms with Crippen LogP contribution in [0.15, 0.2) is 55.1 Å². The number of halogens is 4. The van der Waals surface area contributed by atoms with E-state index in [0.29, 0.717) is 40.0 Å². The minimum atomic E-state index is -4.60. The van der Waals surface area contributed by atoms with Crippen LogP contribution >= 0.6 is 0 Å². The molecule has 7 nitrogen and oxygen atoms in total. The van der Waals surface area contributed by atoms with Crippen molar-refractivity contribution in [1.29, 1.82) is 0 Å². The monoisotopic (exact) mass is 510 g/mol. The highest BCUT2D eigenvalue weighted by atomic mass is 19.4. The maximum Gasteiger partial charge on any atom is 0.451 e. The third-order valence-electron chi connectivity index (χ3n) is 6.88. The molecule has 1 saturated heterocycles. The number of rotatable bonds is 6. The highest BCUT2D eigenvalue weighted by molar-refractivity contribution is 5.96. The predicted molar refractivity (Wildman–Crippen MR) is 128 cm³/mol. The SMILES string of the molecule is Fc1ccc(-c2cc(OC3CC4CC3CN4)c3ncnc(NCc4cnc(C(F)(F)F)nc4)c3c2)cc1. The van der Waals surface area contributed by atoms with Crippen molar-refractivity contribution in [2.75, 3.05) is 11.9 Å². The first-order valence-corrected chi connectivity index (χ1v) is 11.9. The zero-order valence-corrected chi connectivity index (χ0v) is 19.5. The maximum atomic E-state index is 13.6. The molecular weight excluding hydrogens is 488 g/mol. The van der Waals surface area contributed by atoms with Crippen LogP contribution in [0, 0.1) is 11.7 Å². The van der Waals surface area contributed by atoms with Gasteiger partial charge in [-0.1, -0.05) is 12.1 Å². The third-order valence-corrected chi connectivity index (χ3v) is 6.88. The Labute approximate surface area is 209 Å². The normalized spacial score (nSPS) is 20.9. The summed E-state index contributed by atoms with van der Waals surface area (Å²) >= 11 is 0. The summed E-state index contributed by atoms with van der Waals surface area (Å²) in [5, 5.41) is 7.32. The van der Waals surface area contributed by atoms with Crippen molar-refractivity contribution in [1.82, 2.24) is 25.3 Å². The molecule has 4 aromatic rings. The fourth-order valence-electron chi connectivity index (χ4n) is 5.05. The van der Waals surface area contributed by atoms with E-state index in [0.717, 1.165) is 42.9 Å². The second kappa shape index (κ2) is 9.22. The molecule has 1 saturated carbocycles. The molecular formula is C26H22F4N6O. The van der Waals surface area contributed by atoms with Gasteiger partial charge in [0.25, 0.3) is 0 Å². The van der Waals surface area contributed by atoms with Gasteiger partial charge in [-0.25, -0.2) is 24.3 Å². The Bertz CT molecular complexity index is 1430. The lowest BCUT2D eigenvalue weighted by molar-refractivity contribution is -0.145. The van der Waals surface area contributed by atoms with Gasteiger partial charge in [-0.15, -0.1) is 0 Å². The molecule has 0 spiro atoms. The molecule has 3 atom stereocenters. The number of hydrogen-bond donors (Lipinski definition) is 2. The highest BCUT2D eigenvalue weighted by Gasteiger charge is 2.41. The molecule has 190 valence electrons. The van der Waals surface area contributed by atoms with Gasteiger partial charge in [0, 0.05) is 48.4 Å². The molecule has 2 aromatic heterocycles. The summed E-state index contributed by atoms with van der Waals surface area (Å²) in [6, 6.07) is 10.4. The summed E-state index contributed by atoms with van der Waals surface area (Å²) in [5.74, 6) is -0.00939. The van der Waals surface area contributed by atoms with E-state index in [-0.39, 0.29) is 18.5 Å². The molecule has 2 fully saturated rings. The zero-order valence-electron chi connectivity index (χ0n) is 19.5. The molecule has 1 aliphatic carbocycles. The molecule has 0 radical (unpaired) electrons. The molecule has 6 rings (SSSR count). The van der Waals surface area contributed by atoms with Crippen molar-refractivity contribution in [3.8, 4) is 16.9 Å². The van der Waals surface area contributed by atoms with Crippen molar-refractivity contribution >= 4 is 16.7 Å². The van der Waals surface area contributed by atoms with Gasteiger partial charge in [0.2, 0.25) is 5.82 Å². The van der Waals surface area contributed by atoms with Crippen LogP contribution < -0.4 is 15.4 Å². The number of benzene rings is 2. The average Bonchev–Trinajstić information content (AvgIpc) is 3.51. The molecule has 3 heterocycles. The summed E-state index contributed by atoms with van der Waals surface area (Å²) in [5.41, 5.74) is 2.68. The van der Waals surface area contributed by atoms with Gasteiger partial charge in [-0.05, 0) is 48.2 Å². The number of nitrogens with one attached hydrogen (secondary N) is 2. The summed E-state index contributed by atoms with van der Waals surface area (Å²) < 4.78 is 58.4. The Kier molecular flexibility index (Phi) is 5.86. The van der Waals surface area contributed by atoms with Crippen LogP contribution in [-0.2, 0) is 12.7 Å². The van der Waals surface area contributed by atoms with E-state index in [4.69, 9.17) is 4.74 Å². The summed E-state index contributed by atoms with van der Waals surface area (Å²) in [6.07, 6.45) is 1.14. The van der Waals surface area contributed by atoms with Gasteiger partial charge in [0.15, 0.2) is 0 Å². The number of aromatic nitrogens is 4. The van der Waals surface area contributed by atoms with E-state index in [1.165, 1.54) is 18.5 Å². The molecule has 2 bridgehead atoms. The quantitative estimate of drug-likeness (QED) is 0.354. The maximum absolute atomic E-state index is 13.6. The Morgan fingerprint density at radius 3 is 2.43 bits per heavy atom. The van der Waals surface area contributed by atoms with Crippen LogP contribution in [0.5, 0.6) is 5.75 Å². The Balaban J connectivity index is 1.35. The molecule has 2 aromatic carbocycles. The topological polar surface area (TPSA) is 84.9 Å². The number of hydrogen-bond acceptors (Lipinski definition) is 7. The van der Waals surface area contributed by atoms with Crippen LogP contribution in [0.25, 0.3) is 22.0 Å². The van der Waals surface area contributed by atoms with Crippen LogP contribution in [-0.4, -0.2) is 38.6 Å². The molecule has 1 aliphatic heterocycles. The van der Waals surface area contributed by atoms with E-state index in [1.807, 2.05) is 12.1 Å². The largest absolute Gasteiger partial charge is 0.488 e. The van der Waals surface area contributed by atoms with E-state index in [9.17, 15) is 17.6 Å². The lowest BCUT2D eigenvalue weighted by Gasteiger charge is -2.24. The van der Waals surface area contributed by atoms with Crippen LogP contribution in [0.4, 0.5) is 23.4 Å². The summed E-state index contributed by atoms with van der Waals surface area (Å²) in [4.78, 5) is 15.7. The average molecular weight is 510 g/mol. The smallest absolute Gasteiger partial charge is 0.451 e. The Morgan fingerprint density at radius 1 is 0.973 bits per heavy atom. The molecule has 3 unspecified atom stereocenters. The van der Waals surface area contributed by atoms with E-state index in [1.54, 1.807) is 12.1 Å². The number of nitrogens with zero attached hydrogens (tertiary/aromatic N) is 4. The second-order valence-electron chi connectivity index (χ2n) is 9.36. The second-order valence-corrected chi connectivity index (χ2v) is 9.36. The van der Waals surface area contributed by atoms with E-state index >= 15 is 0 Å². The predicted octanol–water partition coefficient (Wildman–Crippen LogP) is 4.99. The molecule has 11 heteroatoms. The third kappa shape index (κ3) is 4.78. The minimum Gasteiger partial charge on any atom is -0.488 e. The number of ether oxygens (including phenoxy) is 1. The summed E-state index contributed by atoms with van der Waals surface area (Å²) in [6.45, 7) is 1.07. The van der Waals surface area contributed by atoms with Crippen molar-refractivity contribution < 1.29 is 22.3 Å². The van der Waals surface area contributed by atoms with Crippen LogP contribution in [0.3, 0.4) is 0 Å². The molecule has 0 amide bonds. The van der Waals surface area contributed by atoms with E-state index < -0.39 is 12.0 Å². The van der Waals surface area contributed by atoms with Crippen molar-refractivity contribution in [3.05, 3.63) is 72.3 Å². The van der Waals surface area contributed by atoms with Gasteiger partial charge >= 0.3 is 6.18 Å². The highest BCUT2D eigenvalue weighted by Crippen LogP contribution is 2.39.